The fraction of sp³-hybridized carbons (Fsp3) is 0.289. The van der Waals surface area contributed by atoms with Crippen molar-refractivity contribution in [3.8, 4) is 5.75 Å². The van der Waals surface area contributed by atoms with Crippen molar-refractivity contribution in [1.29, 1.82) is 0 Å². The van der Waals surface area contributed by atoms with Gasteiger partial charge in [0.15, 0.2) is 24.1 Å². The molecule has 0 saturated heterocycles. The minimum absolute atomic E-state index is 0. The Hall–Kier alpha value is -10.1. The van der Waals surface area contributed by atoms with Crippen molar-refractivity contribution < 1.29 is 141 Å². The quantitative estimate of drug-likeness (QED) is 0.00833. The van der Waals surface area contributed by atoms with Gasteiger partial charge in [0.05, 0.1) is 64.6 Å². The van der Waals surface area contributed by atoms with Gasteiger partial charge >= 0.3 is 66.4 Å². The summed E-state index contributed by atoms with van der Waals surface area (Å²) in [7, 11) is 4.32. The topological polar surface area (TPSA) is 234 Å². The van der Waals surface area contributed by atoms with E-state index < -0.39 is 86.5 Å². The number of rotatable bonds is 17. The molecule has 0 fully saturated rings. The van der Waals surface area contributed by atoms with E-state index in [1.165, 1.54) is 19.1 Å². The van der Waals surface area contributed by atoms with Gasteiger partial charge in [-0.1, -0.05) is 230 Å². The number of ketones is 1. The van der Waals surface area contributed by atoms with E-state index in [1.54, 1.807) is 34.1 Å². The Balaban J connectivity index is 0.000000495. The van der Waals surface area contributed by atoms with Crippen LogP contribution in [-0.2, 0) is 41.9 Å². The Bertz CT molecular complexity index is 4260. The number of β-amino-alcohol motifs (C(OH)–C–C–N with tert-alkyl or cyclic N) is 2. The molecule has 2 aliphatic rings. The summed E-state index contributed by atoms with van der Waals surface area (Å²) < 4.78 is 157. The second kappa shape index (κ2) is 49.7. The Morgan fingerprint density at radius 2 is 0.888 bits per heavy atom. The second-order valence-corrected chi connectivity index (χ2v) is 25.5. The van der Waals surface area contributed by atoms with Gasteiger partial charge in [-0.2, -0.15) is 39.5 Å². The zero-order valence-corrected chi connectivity index (χ0v) is 66.1. The molecule has 0 bridgehead atoms. The number of Topliss-reactive ketones (excluding diaryl/α,β-unsaturated/α-hetero) is 1. The first-order valence-corrected chi connectivity index (χ1v) is 35.4. The first kappa shape index (κ1) is 102. The summed E-state index contributed by atoms with van der Waals surface area (Å²) >= 11 is 3.10. The van der Waals surface area contributed by atoms with Crippen LogP contribution in [0, 0.1) is 13.8 Å². The van der Waals surface area contributed by atoms with E-state index >= 15 is 0 Å². The molecule has 1 unspecified atom stereocenters. The molecule has 0 saturated carbocycles. The molecule has 11 rings (SSSR count). The van der Waals surface area contributed by atoms with E-state index in [1.807, 2.05) is 178 Å². The number of ether oxygens (including phenoxy) is 1. The molecule has 0 aliphatic carbocycles. The third-order valence-corrected chi connectivity index (χ3v) is 16.6. The van der Waals surface area contributed by atoms with Crippen molar-refractivity contribution in [1.82, 2.24) is 0 Å². The number of hydrogen-bond donors (Lipinski definition) is 5. The number of hydrogen-bond acceptors (Lipinski definition) is 18. The molecule has 0 spiro atoms. The van der Waals surface area contributed by atoms with E-state index in [9.17, 15) is 86.9 Å². The van der Waals surface area contributed by atoms with Gasteiger partial charge in [-0.15, -0.1) is 13.2 Å². The van der Waals surface area contributed by atoms with Crippen LogP contribution in [0.15, 0.2) is 237 Å². The van der Waals surface area contributed by atoms with Crippen LogP contribution < -0.4 is 64.9 Å². The van der Waals surface area contributed by atoms with Crippen LogP contribution in [0.4, 0.5) is 86.8 Å². The van der Waals surface area contributed by atoms with Gasteiger partial charge in [0, 0.05) is 64.6 Å². The number of benzene rings is 9. The average Bonchev–Trinajstić information content (AvgIpc) is 0.769. The fourth-order valence-corrected chi connectivity index (χ4v) is 11.3. The largest absolute Gasteiger partial charge is 1.00 e. The number of nitrogen functional groups attached to an aromatic ring is 1. The molecule has 116 heavy (non-hydrogen) atoms. The van der Waals surface area contributed by atoms with Crippen molar-refractivity contribution in [3.05, 3.63) is 281 Å². The third-order valence-electron chi connectivity index (χ3n) is 16.1. The molecule has 0 aromatic heterocycles. The van der Waals surface area contributed by atoms with E-state index in [0.717, 1.165) is 76.3 Å². The number of aldehydes is 1. The van der Waals surface area contributed by atoms with Gasteiger partial charge in [-0.25, -0.2) is 19.4 Å². The van der Waals surface area contributed by atoms with Crippen LogP contribution in [0.3, 0.4) is 0 Å². The van der Waals surface area contributed by atoms with E-state index in [4.69, 9.17) is 10.8 Å². The van der Waals surface area contributed by atoms with Crippen molar-refractivity contribution in [2.24, 2.45) is 0 Å². The van der Waals surface area contributed by atoms with Crippen LogP contribution in [0.2, 0.25) is 0 Å². The molecule has 2 heterocycles. The minimum atomic E-state index is -4.72. The maximum absolute atomic E-state index is 13.2. The predicted octanol–water partition coefficient (Wildman–Crippen LogP) is 15.2. The summed E-state index contributed by atoms with van der Waals surface area (Å²) in [6.45, 7) is 8.29. The molecular formula is C83H90BBrF12N6NaO12. The number of nitrogens with zero attached hydrogens (tertiary/aromatic N) is 4. The van der Waals surface area contributed by atoms with E-state index in [2.05, 4.69) is 82.5 Å². The number of para-hydroxylation sites is 6. The summed E-state index contributed by atoms with van der Waals surface area (Å²) in [5.41, 5.74) is 16.7. The van der Waals surface area contributed by atoms with Crippen molar-refractivity contribution >= 4 is 88.1 Å². The zero-order valence-electron chi connectivity index (χ0n) is 62.5. The number of fused-ring (bicyclic) bond motifs is 2. The standard InChI is InChI=1S/2C25H25F3N2O.C9H11F3N2O.C8H7BrO.C8H5F3O2.C4H6O4.C2H3BO2.2CH4.Na/c2*1-18-8-7-9-19(14-18)15-29-16-23(20-10-3-2-4-11-20)30(17-24(31)25(26,27)28)22-13-6-5-12-21(22)29;10-9(11,12)8(15)5-14-7-4-2-1-3-6(7)13;9-6-8(10)7-4-2-1-3-5-7;9-8(10,11)13-7-3-1-2-6(4-7)5-12;1-3(5)7-8-4(2)6;1-2(4)5-3;;;/h2*2-14,23-24,31H,15-17H2,1H3;1-4,8,14-15H,5,13H2;1-5H,6H2;1-5H;1-2H3;1H3;2*1H4;/q;;;;;;-1;;;+1/t23?,24-;23-,24+;8-;;;;;;;/m101......./s1. The molecule has 9 aromatic carbocycles. The Morgan fingerprint density at radius 1 is 0.517 bits per heavy atom. The Kier molecular flexibility index (Phi) is 43.7. The van der Waals surface area contributed by atoms with Crippen LogP contribution in [0.5, 0.6) is 5.75 Å². The van der Waals surface area contributed by atoms with Gasteiger partial charge in [0.2, 0.25) is 5.97 Å². The number of aliphatic hydroxyl groups excluding tert-OH is 3. The van der Waals surface area contributed by atoms with Crippen molar-refractivity contribution in [2.75, 3.05) is 68.7 Å². The Labute approximate surface area is 697 Å². The van der Waals surface area contributed by atoms with Gasteiger partial charge < -0.3 is 63.4 Å². The average molecular weight is 1710 g/mol. The maximum atomic E-state index is 13.2. The van der Waals surface area contributed by atoms with Gasteiger partial charge in [-0.3, -0.25) is 14.4 Å². The summed E-state index contributed by atoms with van der Waals surface area (Å²) in [6.07, 6.45) is -25.5. The smallest absolute Gasteiger partial charge is 0.793 e. The zero-order chi connectivity index (χ0) is 83.6. The molecule has 9 aromatic rings. The number of aryl methyl sites for hydroxylation is 2. The predicted molar refractivity (Wildman–Crippen MR) is 424 cm³/mol. The normalized spacial score (nSPS) is 13.9. The minimum Gasteiger partial charge on any atom is -0.793 e. The molecule has 3 radical (unpaired) electrons. The fourth-order valence-electron chi connectivity index (χ4n) is 11.0. The van der Waals surface area contributed by atoms with Crippen LogP contribution in [0.1, 0.15) is 102 Å². The summed E-state index contributed by atoms with van der Waals surface area (Å²) in [5.74, 6) is -2.01. The van der Waals surface area contributed by atoms with Gasteiger partial charge in [0.1, 0.15) is 12.0 Å². The molecule has 2 aliphatic heterocycles. The number of nitrogens with two attached hydrogens (primary N) is 1. The molecule has 6 N–H and O–H groups in total. The first-order chi connectivity index (χ1) is 53.3. The van der Waals surface area contributed by atoms with Crippen LogP contribution >= 0.6 is 15.9 Å². The molecule has 5 atom stereocenters. The monoisotopic (exact) mass is 1700 g/mol. The first-order valence-electron chi connectivity index (χ1n) is 34.2. The Morgan fingerprint density at radius 3 is 1.24 bits per heavy atom. The number of nitrogens with one attached hydrogen (secondary N) is 1. The van der Waals surface area contributed by atoms with Crippen molar-refractivity contribution in [2.45, 2.75) is 118 Å². The van der Waals surface area contributed by atoms with Gasteiger partial charge in [-0.05, 0) is 84.6 Å². The number of aliphatic hydroxyl groups is 3. The number of alkyl halides is 13. The molecule has 18 nitrogen and oxygen atoms in total. The number of halogens is 13. The molecule has 0 amide bonds. The SMILES string of the molecule is C.C.CC(=O)OOC(C)=O.Cc1cccc(CN2CC(c3ccccc3)N(C[C@@H](O)C(F)(F)F)c3ccccc32)c1.Cc1cccc(CN2C[C@@H](c3ccccc3)N(C[C@@H](O)C(F)(F)F)c3ccccc32)c1.Nc1ccccc1NC[C@@H](O)C(F)(F)F.O=C(CBr)c1ccccc1.O=Cc1cccc(OC(F)(F)F)c1.[B-]OC(C)=O.[Na+]. The third kappa shape index (κ3) is 35.6. The van der Waals surface area contributed by atoms with Crippen molar-refractivity contribution in [3.63, 3.8) is 0 Å². The van der Waals surface area contributed by atoms with E-state index in [0.29, 0.717) is 60.5 Å². The molecule has 619 valence electrons. The number of carbonyl (C=O) groups is 5. The number of carbonyl (C=O) groups excluding carboxylic acids is 5. The second-order valence-electron chi connectivity index (χ2n) is 24.9. The summed E-state index contributed by atoms with van der Waals surface area (Å²) in [6, 6.07) is 70.3. The van der Waals surface area contributed by atoms with Gasteiger partial charge in [0.25, 0.3) is 0 Å². The van der Waals surface area contributed by atoms with E-state index in [-0.39, 0.29) is 67.8 Å². The van der Waals surface area contributed by atoms with Crippen LogP contribution in [-0.4, -0.2) is 135 Å². The molecular weight excluding hydrogens is 1610 g/mol. The number of anilines is 6. The molecule has 33 heteroatoms. The summed E-state index contributed by atoms with van der Waals surface area (Å²) in [4.78, 5) is 65.7. The maximum Gasteiger partial charge on any atom is 1.00 e. The summed E-state index contributed by atoms with van der Waals surface area (Å²) in [5, 5.41) is 31.3. The van der Waals surface area contributed by atoms with Crippen LogP contribution in [0.25, 0.3) is 0 Å².